The summed E-state index contributed by atoms with van der Waals surface area (Å²) in [6.07, 6.45) is 16.7. The maximum Gasteiger partial charge on any atom is 0.0893 e. The van der Waals surface area contributed by atoms with Crippen LogP contribution in [0.5, 0.6) is 0 Å². The Balaban J connectivity index is 1.36. The topological polar surface area (TPSA) is 25.8 Å². The molecule has 39 heavy (non-hydrogen) atoms. The molecule has 0 amide bonds. The van der Waals surface area contributed by atoms with E-state index in [2.05, 4.69) is 103 Å². The molecule has 4 aromatic rings. The van der Waals surface area contributed by atoms with Crippen molar-refractivity contribution in [3.05, 3.63) is 154 Å². The SMILES string of the molecule is CC1=CCCC(C2=c3ccccc3=C(c3ccc(-c4cccc(-c5ccccn5)n4)cc3)C3CC=CC=C23)=C1. The van der Waals surface area contributed by atoms with Crippen molar-refractivity contribution in [2.45, 2.75) is 26.2 Å². The van der Waals surface area contributed by atoms with Gasteiger partial charge in [0.1, 0.15) is 0 Å². The fraction of sp³-hybridized carbons (Fsp3) is 0.135. The monoisotopic (exact) mass is 502 g/mol. The van der Waals surface area contributed by atoms with Gasteiger partial charge in [-0.15, -0.1) is 0 Å². The lowest BCUT2D eigenvalue weighted by molar-refractivity contribution is 0.793. The number of aromatic nitrogens is 2. The van der Waals surface area contributed by atoms with E-state index in [1.54, 1.807) is 0 Å². The first-order valence-electron chi connectivity index (χ1n) is 13.8. The molecule has 0 radical (unpaired) electrons. The number of hydrogen-bond acceptors (Lipinski definition) is 2. The van der Waals surface area contributed by atoms with Crippen LogP contribution >= 0.6 is 0 Å². The van der Waals surface area contributed by atoms with Crippen molar-refractivity contribution in [2.24, 2.45) is 5.92 Å². The Labute approximate surface area is 229 Å². The molecule has 0 bridgehead atoms. The van der Waals surface area contributed by atoms with Crippen LogP contribution in [0, 0.1) is 5.92 Å². The van der Waals surface area contributed by atoms with E-state index >= 15 is 0 Å². The van der Waals surface area contributed by atoms with Gasteiger partial charge in [0.15, 0.2) is 0 Å². The van der Waals surface area contributed by atoms with Gasteiger partial charge in [-0.05, 0) is 88.7 Å². The average molecular weight is 503 g/mol. The van der Waals surface area contributed by atoms with Gasteiger partial charge in [0.2, 0.25) is 0 Å². The second kappa shape index (κ2) is 9.96. The number of allylic oxidation sites excluding steroid dienone is 8. The molecule has 1 unspecified atom stereocenters. The van der Waals surface area contributed by atoms with Crippen LogP contribution in [0.25, 0.3) is 33.8 Å². The van der Waals surface area contributed by atoms with Crippen molar-refractivity contribution >= 4 is 11.1 Å². The first kappa shape index (κ1) is 23.5. The van der Waals surface area contributed by atoms with Crippen LogP contribution in [0.4, 0.5) is 0 Å². The molecule has 3 aliphatic rings. The van der Waals surface area contributed by atoms with Gasteiger partial charge < -0.3 is 0 Å². The Bertz CT molecular complexity index is 1820. The second-order valence-corrected chi connectivity index (χ2v) is 10.5. The summed E-state index contributed by atoms with van der Waals surface area (Å²) in [6.45, 7) is 2.22. The maximum atomic E-state index is 4.92. The Morgan fingerprint density at radius 3 is 2.33 bits per heavy atom. The number of fused-ring (bicyclic) bond motifs is 2. The van der Waals surface area contributed by atoms with E-state index in [-0.39, 0.29) is 0 Å². The van der Waals surface area contributed by atoms with Gasteiger partial charge in [-0.3, -0.25) is 4.98 Å². The van der Waals surface area contributed by atoms with Gasteiger partial charge in [0, 0.05) is 17.7 Å². The summed E-state index contributed by atoms with van der Waals surface area (Å²) >= 11 is 0. The molecule has 188 valence electrons. The number of rotatable bonds is 4. The van der Waals surface area contributed by atoms with Gasteiger partial charge >= 0.3 is 0 Å². The van der Waals surface area contributed by atoms with E-state index in [9.17, 15) is 0 Å². The van der Waals surface area contributed by atoms with Crippen LogP contribution in [-0.4, -0.2) is 9.97 Å². The lowest BCUT2D eigenvalue weighted by Gasteiger charge is -2.32. The zero-order chi connectivity index (χ0) is 26.2. The van der Waals surface area contributed by atoms with Gasteiger partial charge in [0.05, 0.1) is 17.1 Å². The van der Waals surface area contributed by atoms with E-state index in [4.69, 9.17) is 4.98 Å². The van der Waals surface area contributed by atoms with E-state index in [0.29, 0.717) is 5.92 Å². The summed E-state index contributed by atoms with van der Waals surface area (Å²) in [4.78, 5) is 9.40. The highest BCUT2D eigenvalue weighted by molar-refractivity contribution is 5.89. The van der Waals surface area contributed by atoms with Crippen LogP contribution in [0.3, 0.4) is 0 Å². The predicted molar refractivity (Wildman–Crippen MR) is 161 cm³/mol. The van der Waals surface area contributed by atoms with E-state index < -0.39 is 0 Å². The molecule has 2 aromatic carbocycles. The summed E-state index contributed by atoms with van der Waals surface area (Å²) in [6, 6.07) is 30.1. The van der Waals surface area contributed by atoms with Crippen LogP contribution in [-0.2, 0) is 0 Å². The molecule has 0 saturated carbocycles. The lowest BCUT2D eigenvalue weighted by Crippen LogP contribution is -2.38. The number of pyridine rings is 2. The third-order valence-corrected chi connectivity index (χ3v) is 8.05. The van der Waals surface area contributed by atoms with Crippen LogP contribution in [0.2, 0.25) is 0 Å². The molecule has 0 saturated heterocycles. The van der Waals surface area contributed by atoms with Crippen molar-refractivity contribution in [1.82, 2.24) is 9.97 Å². The Morgan fingerprint density at radius 2 is 1.51 bits per heavy atom. The highest BCUT2D eigenvalue weighted by Gasteiger charge is 2.30. The third-order valence-electron chi connectivity index (χ3n) is 8.05. The van der Waals surface area contributed by atoms with Crippen molar-refractivity contribution in [3.8, 4) is 22.6 Å². The number of hydrogen-bond donors (Lipinski definition) is 0. The first-order valence-corrected chi connectivity index (χ1v) is 13.8. The minimum absolute atomic E-state index is 0.350. The number of benzene rings is 2. The van der Waals surface area contributed by atoms with Gasteiger partial charge in [-0.1, -0.05) is 96.6 Å². The summed E-state index contributed by atoms with van der Waals surface area (Å²) in [7, 11) is 0. The molecule has 0 spiro atoms. The minimum atomic E-state index is 0.350. The molecule has 2 heteroatoms. The molecule has 0 aliphatic heterocycles. The van der Waals surface area contributed by atoms with Crippen molar-refractivity contribution in [2.75, 3.05) is 0 Å². The molecule has 0 fully saturated rings. The summed E-state index contributed by atoms with van der Waals surface area (Å²) < 4.78 is 0. The van der Waals surface area contributed by atoms with Crippen LogP contribution < -0.4 is 10.4 Å². The predicted octanol–water partition coefficient (Wildman–Crippen LogP) is 7.34. The minimum Gasteiger partial charge on any atom is -0.255 e. The molecule has 2 nitrogen and oxygen atoms in total. The van der Waals surface area contributed by atoms with E-state index in [0.717, 1.165) is 41.9 Å². The Kier molecular flexibility index (Phi) is 6.01. The van der Waals surface area contributed by atoms with E-state index in [1.165, 1.54) is 43.9 Å². The zero-order valence-corrected chi connectivity index (χ0v) is 22.1. The molecular formula is C37H30N2. The van der Waals surface area contributed by atoms with Crippen LogP contribution in [0.15, 0.2) is 138 Å². The second-order valence-electron chi connectivity index (χ2n) is 10.5. The average Bonchev–Trinajstić information content (AvgIpc) is 3.00. The van der Waals surface area contributed by atoms with Gasteiger partial charge in [-0.2, -0.15) is 0 Å². The Morgan fingerprint density at radius 1 is 0.744 bits per heavy atom. The van der Waals surface area contributed by atoms with Crippen molar-refractivity contribution in [3.63, 3.8) is 0 Å². The fourth-order valence-corrected chi connectivity index (χ4v) is 6.29. The third kappa shape index (κ3) is 4.32. The largest absolute Gasteiger partial charge is 0.255 e. The standard InChI is InChI=1S/C37H30N2/c1-25-10-8-11-28(24-25)37-31-14-4-2-12-29(31)36(30-13-3-5-15-32(30)37)27-21-19-26(20-22-27)33-17-9-18-35(39-33)34-16-6-7-23-38-34/h2-7,9-10,12,14-24,30H,8,11,13H2,1H3. The maximum absolute atomic E-state index is 4.92. The molecule has 1 atom stereocenters. The molecule has 0 N–H and O–H groups in total. The van der Waals surface area contributed by atoms with Crippen molar-refractivity contribution < 1.29 is 0 Å². The molecular weight excluding hydrogens is 472 g/mol. The van der Waals surface area contributed by atoms with Gasteiger partial charge in [-0.25, -0.2) is 4.98 Å². The molecule has 7 rings (SSSR count). The highest BCUT2D eigenvalue weighted by atomic mass is 14.8. The molecule has 2 heterocycles. The van der Waals surface area contributed by atoms with Crippen molar-refractivity contribution in [1.29, 1.82) is 0 Å². The van der Waals surface area contributed by atoms with Crippen LogP contribution in [0.1, 0.15) is 31.7 Å². The lowest BCUT2D eigenvalue weighted by atomic mass is 9.71. The fourth-order valence-electron chi connectivity index (χ4n) is 6.29. The normalized spacial score (nSPS) is 18.1. The summed E-state index contributed by atoms with van der Waals surface area (Å²) in [5.74, 6) is 0.350. The van der Waals surface area contributed by atoms with E-state index in [1.807, 2.05) is 30.5 Å². The summed E-state index contributed by atoms with van der Waals surface area (Å²) in [5, 5.41) is 2.72. The zero-order valence-electron chi connectivity index (χ0n) is 22.1. The molecule has 2 aromatic heterocycles. The molecule has 3 aliphatic carbocycles. The number of nitrogens with zero attached hydrogens (tertiary/aromatic N) is 2. The van der Waals surface area contributed by atoms with Gasteiger partial charge in [0.25, 0.3) is 0 Å². The highest BCUT2D eigenvalue weighted by Crippen LogP contribution is 2.42. The Hall–Kier alpha value is -4.56. The first-order chi connectivity index (χ1) is 19.3. The summed E-state index contributed by atoms with van der Waals surface area (Å²) in [5.41, 5.74) is 12.3. The smallest absolute Gasteiger partial charge is 0.0893 e. The quantitative estimate of drug-likeness (QED) is 0.292.